The Balaban J connectivity index is 3.42. The molecule has 0 fully saturated rings. The Morgan fingerprint density at radius 3 is 0.915 bits per heavy atom. The van der Waals surface area contributed by atoms with Crippen LogP contribution in [-0.2, 0) is 19.1 Å². The van der Waals surface area contributed by atoms with Crippen LogP contribution >= 0.6 is 0 Å². The fraction of sp³-hybridized carbons (Fsp3) is 0.926. The second kappa shape index (κ2) is 51.0. The summed E-state index contributed by atoms with van der Waals surface area (Å²) in [5, 5.41) is 9.62. The van der Waals surface area contributed by atoms with E-state index in [1.807, 2.05) is 0 Å². The molecule has 0 aliphatic carbocycles. The van der Waals surface area contributed by atoms with Crippen LogP contribution in [0.1, 0.15) is 303 Å². The number of hydrogen-bond acceptors (Lipinski definition) is 5. The van der Waals surface area contributed by atoms with E-state index in [1.54, 1.807) is 0 Å². The highest BCUT2D eigenvalue weighted by Gasteiger charge is 2.16. The SMILES string of the molecule is CCCCCCCCC/C=C\CCCCCCCCCC(=O)OC(CO)COC(=O)CCCCCCCCCCCCCCCCCCCCCCCCCCCCC. The van der Waals surface area contributed by atoms with E-state index in [0.29, 0.717) is 12.8 Å². The van der Waals surface area contributed by atoms with Gasteiger partial charge >= 0.3 is 11.9 Å². The molecule has 0 aliphatic heterocycles. The van der Waals surface area contributed by atoms with Gasteiger partial charge in [0.15, 0.2) is 6.10 Å². The van der Waals surface area contributed by atoms with Gasteiger partial charge in [0, 0.05) is 12.8 Å². The van der Waals surface area contributed by atoms with Crippen molar-refractivity contribution in [2.75, 3.05) is 13.2 Å². The lowest BCUT2D eigenvalue weighted by Gasteiger charge is -2.15. The predicted octanol–water partition coefficient (Wildman–Crippen LogP) is 17.6. The number of rotatable bonds is 50. The Morgan fingerprint density at radius 2 is 0.627 bits per heavy atom. The maximum absolute atomic E-state index is 12.3. The molecular formula is C54H104O5. The van der Waals surface area contributed by atoms with Crippen molar-refractivity contribution in [1.82, 2.24) is 0 Å². The monoisotopic (exact) mass is 833 g/mol. The van der Waals surface area contributed by atoms with E-state index >= 15 is 0 Å². The van der Waals surface area contributed by atoms with Gasteiger partial charge < -0.3 is 14.6 Å². The first-order chi connectivity index (χ1) is 29.1. The number of unbranched alkanes of at least 4 members (excludes halogenated alkanes) is 40. The lowest BCUT2D eigenvalue weighted by atomic mass is 10.0. The number of aliphatic hydroxyl groups excluding tert-OH is 1. The molecule has 0 amide bonds. The van der Waals surface area contributed by atoms with Crippen molar-refractivity contribution in [2.24, 2.45) is 0 Å². The molecule has 0 saturated carbocycles. The van der Waals surface area contributed by atoms with Gasteiger partial charge in [-0.25, -0.2) is 0 Å². The van der Waals surface area contributed by atoms with E-state index in [-0.39, 0.29) is 25.2 Å². The standard InChI is InChI=1S/C54H104O5/c1-3-5-7-9-11-13-15-17-19-21-23-24-25-26-27-28-29-30-31-33-34-36-38-40-42-44-46-48-53(56)58-51-52(50-55)59-54(57)49-47-45-43-41-39-37-35-32-22-20-18-16-14-12-10-8-6-4-2/h20,22,52,55H,3-19,21,23-51H2,1-2H3/b22-20-. The highest BCUT2D eigenvalue weighted by atomic mass is 16.6. The van der Waals surface area contributed by atoms with Gasteiger partial charge in [-0.3, -0.25) is 9.59 Å². The fourth-order valence-electron chi connectivity index (χ4n) is 8.26. The molecule has 0 aromatic heterocycles. The Bertz CT molecular complexity index is 856. The molecule has 1 unspecified atom stereocenters. The number of hydrogen-bond donors (Lipinski definition) is 1. The average Bonchev–Trinajstić information content (AvgIpc) is 3.24. The third-order valence-corrected chi connectivity index (χ3v) is 12.3. The molecule has 0 heterocycles. The molecule has 0 bridgehead atoms. The summed E-state index contributed by atoms with van der Waals surface area (Å²) < 4.78 is 10.7. The summed E-state index contributed by atoms with van der Waals surface area (Å²) >= 11 is 0. The zero-order valence-corrected chi connectivity index (χ0v) is 40.0. The second-order valence-corrected chi connectivity index (χ2v) is 18.3. The number of allylic oxidation sites excluding steroid dienone is 2. The normalized spacial score (nSPS) is 12.1. The van der Waals surface area contributed by atoms with Crippen molar-refractivity contribution < 1.29 is 24.2 Å². The Morgan fingerprint density at radius 1 is 0.373 bits per heavy atom. The van der Waals surface area contributed by atoms with Crippen LogP contribution < -0.4 is 0 Å². The molecule has 0 radical (unpaired) electrons. The minimum atomic E-state index is -0.769. The summed E-state index contributed by atoms with van der Waals surface area (Å²) in [5.41, 5.74) is 0. The van der Waals surface area contributed by atoms with Gasteiger partial charge in [0.25, 0.3) is 0 Å². The number of ether oxygens (including phenoxy) is 2. The summed E-state index contributed by atoms with van der Waals surface area (Å²) in [6.07, 6.45) is 61.8. The van der Waals surface area contributed by atoms with Crippen molar-refractivity contribution in [2.45, 2.75) is 309 Å². The fourth-order valence-corrected chi connectivity index (χ4v) is 8.26. The van der Waals surface area contributed by atoms with E-state index in [4.69, 9.17) is 9.47 Å². The van der Waals surface area contributed by atoms with E-state index in [0.717, 1.165) is 32.1 Å². The van der Waals surface area contributed by atoms with Crippen LogP contribution in [0.5, 0.6) is 0 Å². The van der Waals surface area contributed by atoms with E-state index in [9.17, 15) is 14.7 Å². The molecule has 5 heteroatoms. The minimum absolute atomic E-state index is 0.0606. The van der Waals surface area contributed by atoms with Crippen molar-refractivity contribution >= 4 is 11.9 Å². The molecular weight excluding hydrogens is 729 g/mol. The summed E-state index contributed by atoms with van der Waals surface area (Å²) in [6.45, 7) is 4.18. The number of aliphatic hydroxyl groups is 1. The zero-order valence-electron chi connectivity index (χ0n) is 40.0. The van der Waals surface area contributed by atoms with Gasteiger partial charge in [0.2, 0.25) is 0 Å². The van der Waals surface area contributed by atoms with Gasteiger partial charge in [-0.05, 0) is 38.5 Å². The lowest BCUT2D eigenvalue weighted by Crippen LogP contribution is -2.28. The Kier molecular flexibility index (Phi) is 49.8. The molecule has 0 aromatic carbocycles. The summed E-state index contributed by atoms with van der Waals surface area (Å²) in [4.78, 5) is 24.4. The van der Waals surface area contributed by atoms with Gasteiger partial charge in [-0.1, -0.05) is 264 Å². The van der Waals surface area contributed by atoms with Crippen molar-refractivity contribution in [3.63, 3.8) is 0 Å². The molecule has 0 spiro atoms. The molecule has 0 rings (SSSR count). The van der Waals surface area contributed by atoms with Gasteiger partial charge in [0.05, 0.1) is 6.61 Å². The second-order valence-electron chi connectivity index (χ2n) is 18.3. The average molecular weight is 833 g/mol. The predicted molar refractivity (Wildman–Crippen MR) is 256 cm³/mol. The summed E-state index contributed by atoms with van der Waals surface area (Å²) in [7, 11) is 0. The van der Waals surface area contributed by atoms with Crippen LogP contribution in [0.3, 0.4) is 0 Å². The molecule has 59 heavy (non-hydrogen) atoms. The minimum Gasteiger partial charge on any atom is -0.462 e. The highest BCUT2D eigenvalue weighted by molar-refractivity contribution is 5.70. The number of carbonyl (C=O) groups is 2. The zero-order chi connectivity index (χ0) is 42.8. The largest absolute Gasteiger partial charge is 0.462 e. The molecule has 5 nitrogen and oxygen atoms in total. The summed E-state index contributed by atoms with van der Waals surface area (Å²) in [6, 6.07) is 0. The van der Waals surface area contributed by atoms with E-state index < -0.39 is 6.10 Å². The third-order valence-electron chi connectivity index (χ3n) is 12.3. The van der Waals surface area contributed by atoms with Crippen LogP contribution in [0.25, 0.3) is 0 Å². The highest BCUT2D eigenvalue weighted by Crippen LogP contribution is 2.17. The third kappa shape index (κ3) is 49.2. The Labute approximate surface area is 369 Å². The maximum Gasteiger partial charge on any atom is 0.306 e. The molecule has 350 valence electrons. The lowest BCUT2D eigenvalue weighted by molar-refractivity contribution is -0.161. The molecule has 0 saturated heterocycles. The van der Waals surface area contributed by atoms with Crippen LogP contribution in [0.15, 0.2) is 12.2 Å². The van der Waals surface area contributed by atoms with E-state index in [2.05, 4.69) is 26.0 Å². The number of esters is 2. The number of carbonyl (C=O) groups excluding carboxylic acids is 2. The van der Waals surface area contributed by atoms with Gasteiger partial charge in [0.1, 0.15) is 6.61 Å². The summed E-state index contributed by atoms with van der Waals surface area (Å²) in [5.74, 6) is -0.576. The first-order valence-corrected chi connectivity index (χ1v) is 26.7. The van der Waals surface area contributed by atoms with Crippen molar-refractivity contribution in [3.8, 4) is 0 Å². The van der Waals surface area contributed by atoms with E-state index in [1.165, 1.54) is 244 Å². The first-order valence-electron chi connectivity index (χ1n) is 26.7. The maximum atomic E-state index is 12.3. The van der Waals surface area contributed by atoms with Crippen LogP contribution in [0.2, 0.25) is 0 Å². The Hall–Kier alpha value is -1.36. The van der Waals surface area contributed by atoms with Gasteiger partial charge in [-0.2, -0.15) is 0 Å². The van der Waals surface area contributed by atoms with Crippen LogP contribution in [0, 0.1) is 0 Å². The molecule has 1 atom stereocenters. The van der Waals surface area contributed by atoms with Crippen molar-refractivity contribution in [3.05, 3.63) is 12.2 Å². The topological polar surface area (TPSA) is 72.8 Å². The molecule has 0 aliphatic rings. The van der Waals surface area contributed by atoms with Crippen molar-refractivity contribution in [1.29, 1.82) is 0 Å². The quantitative estimate of drug-likeness (QED) is 0.0375. The molecule has 1 N–H and O–H groups in total. The van der Waals surface area contributed by atoms with Crippen LogP contribution in [-0.4, -0.2) is 36.4 Å². The first kappa shape index (κ1) is 57.6. The van der Waals surface area contributed by atoms with Crippen LogP contribution in [0.4, 0.5) is 0 Å². The van der Waals surface area contributed by atoms with Gasteiger partial charge in [-0.15, -0.1) is 0 Å². The smallest absolute Gasteiger partial charge is 0.306 e. The molecule has 0 aromatic rings.